The van der Waals surface area contributed by atoms with Crippen LogP contribution >= 0.6 is 15.9 Å². The Morgan fingerprint density at radius 3 is 2.68 bits per heavy atom. The van der Waals surface area contributed by atoms with E-state index in [2.05, 4.69) is 26.5 Å². The lowest BCUT2D eigenvalue weighted by atomic mass is 10.2. The first-order valence-corrected chi connectivity index (χ1v) is 9.62. The largest absolute Gasteiger partial charge is 0.493 e. The average Bonchev–Trinajstić information content (AvgIpc) is 3.00. The van der Waals surface area contributed by atoms with Gasteiger partial charge in [0, 0.05) is 18.0 Å². The van der Waals surface area contributed by atoms with E-state index in [0.717, 1.165) is 20.9 Å². The molecule has 1 aromatic heterocycles. The summed E-state index contributed by atoms with van der Waals surface area (Å²) in [6.45, 7) is 3.90. The minimum Gasteiger partial charge on any atom is -0.493 e. The lowest BCUT2D eigenvalue weighted by Crippen LogP contribution is -2.20. The lowest BCUT2D eigenvalue weighted by Gasteiger charge is -2.15. The molecule has 1 heterocycles. The van der Waals surface area contributed by atoms with Gasteiger partial charge in [-0.15, -0.1) is 0 Å². The van der Waals surface area contributed by atoms with Crippen LogP contribution in [-0.2, 0) is 7.05 Å². The minimum absolute atomic E-state index is 0.0183. The molecule has 0 fully saturated rings. The molecule has 146 valence electrons. The molecular weight excluding hydrogens is 422 g/mol. The van der Waals surface area contributed by atoms with Crippen molar-refractivity contribution in [1.82, 2.24) is 9.99 Å². The highest BCUT2D eigenvalue weighted by Gasteiger charge is 2.14. The highest BCUT2D eigenvalue weighted by atomic mass is 79.9. The summed E-state index contributed by atoms with van der Waals surface area (Å²) in [5, 5.41) is 5.09. The van der Waals surface area contributed by atoms with Crippen molar-refractivity contribution in [3.63, 3.8) is 0 Å². The average molecular weight is 444 g/mol. The SMILES string of the molecule is COc1cc(/C=N/NC(=O)c2cc3ccccc3n2C)cc(Br)c1OC(C)C. The van der Waals surface area contributed by atoms with Gasteiger partial charge in [-0.25, -0.2) is 5.43 Å². The molecule has 0 aliphatic heterocycles. The fourth-order valence-corrected chi connectivity index (χ4v) is 3.45. The molecular formula is C21H22BrN3O3. The summed E-state index contributed by atoms with van der Waals surface area (Å²) in [4.78, 5) is 12.5. The van der Waals surface area contributed by atoms with Crippen molar-refractivity contribution >= 4 is 39.0 Å². The highest BCUT2D eigenvalue weighted by Crippen LogP contribution is 2.37. The number of methoxy groups -OCH3 is 1. The van der Waals surface area contributed by atoms with Gasteiger partial charge >= 0.3 is 0 Å². The molecule has 3 aromatic rings. The van der Waals surface area contributed by atoms with Gasteiger partial charge in [0.2, 0.25) is 0 Å². The van der Waals surface area contributed by atoms with Crippen LogP contribution in [-0.4, -0.2) is 29.9 Å². The molecule has 2 aromatic carbocycles. The number of carbonyl (C=O) groups excluding carboxylic acids is 1. The van der Waals surface area contributed by atoms with Crippen LogP contribution in [0.25, 0.3) is 10.9 Å². The Labute approximate surface area is 172 Å². The predicted octanol–water partition coefficient (Wildman–Crippen LogP) is 4.50. The number of amides is 1. The summed E-state index contributed by atoms with van der Waals surface area (Å²) in [5.41, 5.74) is 4.87. The van der Waals surface area contributed by atoms with Gasteiger partial charge < -0.3 is 14.0 Å². The maximum absolute atomic E-state index is 12.5. The third-order valence-corrected chi connectivity index (χ3v) is 4.76. The van der Waals surface area contributed by atoms with Crippen molar-refractivity contribution in [3.05, 3.63) is 58.2 Å². The Bertz CT molecular complexity index is 1040. The van der Waals surface area contributed by atoms with Gasteiger partial charge in [0.25, 0.3) is 5.91 Å². The number of nitrogens with zero attached hydrogens (tertiary/aromatic N) is 2. The van der Waals surface area contributed by atoms with Crippen molar-refractivity contribution < 1.29 is 14.3 Å². The molecule has 1 N–H and O–H groups in total. The molecule has 0 aliphatic carbocycles. The van der Waals surface area contributed by atoms with E-state index in [9.17, 15) is 4.79 Å². The number of rotatable bonds is 6. The van der Waals surface area contributed by atoms with Crippen molar-refractivity contribution in [3.8, 4) is 11.5 Å². The minimum atomic E-state index is -0.277. The number of benzene rings is 2. The molecule has 6 nitrogen and oxygen atoms in total. The molecule has 0 saturated heterocycles. The molecule has 0 saturated carbocycles. The molecule has 0 unspecified atom stereocenters. The maximum atomic E-state index is 12.5. The number of hydrazone groups is 1. The van der Waals surface area contributed by atoms with Crippen LogP contribution in [0.5, 0.6) is 11.5 Å². The third kappa shape index (κ3) is 4.20. The summed E-state index contributed by atoms with van der Waals surface area (Å²) in [5.74, 6) is 0.944. The van der Waals surface area contributed by atoms with E-state index < -0.39 is 0 Å². The van der Waals surface area contributed by atoms with Crippen LogP contribution < -0.4 is 14.9 Å². The predicted molar refractivity (Wildman–Crippen MR) is 114 cm³/mol. The normalized spacial score (nSPS) is 11.4. The van der Waals surface area contributed by atoms with Crippen LogP contribution in [0.15, 0.2) is 52.0 Å². The number of aryl methyl sites for hydroxylation is 1. The van der Waals surface area contributed by atoms with Gasteiger partial charge in [-0.3, -0.25) is 4.79 Å². The zero-order valence-electron chi connectivity index (χ0n) is 16.2. The zero-order valence-corrected chi connectivity index (χ0v) is 17.8. The first-order valence-electron chi connectivity index (χ1n) is 8.82. The first-order chi connectivity index (χ1) is 13.4. The summed E-state index contributed by atoms with van der Waals surface area (Å²) in [7, 11) is 3.44. The molecule has 0 bridgehead atoms. The number of hydrogen-bond acceptors (Lipinski definition) is 4. The Kier molecular flexibility index (Phi) is 6.04. The highest BCUT2D eigenvalue weighted by molar-refractivity contribution is 9.10. The van der Waals surface area contributed by atoms with E-state index in [1.165, 1.54) is 0 Å². The molecule has 1 amide bonds. The number of carbonyl (C=O) groups is 1. The van der Waals surface area contributed by atoms with E-state index in [-0.39, 0.29) is 12.0 Å². The molecule has 0 radical (unpaired) electrons. The van der Waals surface area contributed by atoms with E-state index in [0.29, 0.717) is 17.2 Å². The van der Waals surface area contributed by atoms with Crippen LogP contribution in [0.1, 0.15) is 29.9 Å². The van der Waals surface area contributed by atoms with E-state index in [1.54, 1.807) is 19.4 Å². The third-order valence-electron chi connectivity index (χ3n) is 4.17. The number of aromatic nitrogens is 1. The van der Waals surface area contributed by atoms with E-state index in [1.807, 2.05) is 61.9 Å². The second-order valence-electron chi connectivity index (χ2n) is 6.55. The summed E-state index contributed by atoms with van der Waals surface area (Å²) >= 11 is 3.50. The molecule has 0 atom stereocenters. The van der Waals surface area contributed by atoms with E-state index >= 15 is 0 Å². The Balaban J connectivity index is 1.77. The second-order valence-corrected chi connectivity index (χ2v) is 7.40. The number of fused-ring (bicyclic) bond motifs is 1. The van der Waals surface area contributed by atoms with Gasteiger partial charge in [-0.1, -0.05) is 18.2 Å². The first kappa shape index (κ1) is 19.9. The monoisotopic (exact) mass is 443 g/mol. The Hall–Kier alpha value is -2.80. The molecule has 0 aliphatic rings. The van der Waals surface area contributed by atoms with Crippen molar-refractivity contribution in [2.45, 2.75) is 20.0 Å². The van der Waals surface area contributed by atoms with Gasteiger partial charge in [-0.2, -0.15) is 5.10 Å². The number of hydrogen-bond donors (Lipinski definition) is 1. The summed E-state index contributed by atoms with van der Waals surface area (Å²) < 4.78 is 13.8. The van der Waals surface area contributed by atoms with Crippen LogP contribution in [0.2, 0.25) is 0 Å². The Morgan fingerprint density at radius 1 is 1.25 bits per heavy atom. The summed E-state index contributed by atoms with van der Waals surface area (Å²) in [6, 6.07) is 13.3. The van der Waals surface area contributed by atoms with Crippen molar-refractivity contribution in [2.24, 2.45) is 12.1 Å². The van der Waals surface area contributed by atoms with Gasteiger partial charge in [-0.05, 0) is 59.6 Å². The molecule has 7 heteroatoms. The smallest absolute Gasteiger partial charge is 0.287 e. The van der Waals surface area contributed by atoms with Crippen LogP contribution in [0.4, 0.5) is 0 Å². The van der Waals surface area contributed by atoms with Crippen LogP contribution in [0.3, 0.4) is 0 Å². The molecule has 0 spiro atoms. The summed E-state index contributed by atoms with van der Waals surface area (Å²) in [6.07, 6.45) is 1.58. The van der Waals surface area contributed by atoms with Gasteiger partial charge in [0.05, 0.1) is 23.9 Å². The quantitative estimate of drug-likeness (QED) is 0.450. The number of halogens is 1. The Morgan fingerprint density at radius 2 is 2.00 bits per heavy atom. The molecule has 28 heavy (non-hydrogen) atoms. The van der Waals surface area contributed by atoms with Gasteiger partial charge in [0.15, 0.2) is 11.5 Å². The van der Waals surface area contributed by atoms with E-state index in [4.69, 9.17) is 9.47 Å². The second kappa shape index (κ2) is 8.48. The standard InChI is InChI=1S/C21H22BrN3O3/c1-13(2)28-20-16(22)9-14(10-19(20)27-4)12-23-24-21(26)18-11-15-7-5-6-8-17(15)25(18)3/h5-13H,1-4H3,(H,24,26)/b23-12+. The number of ether oxygens (including phenoxy) is 2. The fraction of sp³-hybridized carbons (Fsp3) is 0.238. The topological polar surface area (TPSA) is 64.8 Å². The van der Waals surface area contributed by atoms with Crippen molar-refractivity contribution in [1.29, 1.82) is 0 Å². The fourth-order valence-electron chi connectivity index (χ4n) is 2.89. The van der Waals surface area contributed by atoms with Crippen LogP contribution in [0, 0.1) is 0 Å². The van der Waals surface area contributed by atoms with Crippen molar-refractivity contribution in [2.75, 3.05) is 7.11 Å². The zero-order chi connectivity index (χ0) is 20.3. The maximum Gasteiger partial charge on any atom is 0.287 e. The number of nitrogens with one attached hydrogen (secondary N) is 1. The number of para-hydroxylation sites is 1. The lowest BCUT2D eigenvalue weighted by molar-refractivity contribution is 0.0947. The molecule has 3 rings (SSSR count). The van der Waals surface area contributed by atoms with Gasteiger partial charge in [0.1, 0.15) is 5.69 Å².